The molecule has 4 rings (SSSR count). The number of benzene rings is 2. The zero-order valence-corrected chi connectivity index (χ0v) is 17.4. The fraction of sp³-hybridized carbons (Fsp3) is 0.375. The van der Waals surface area contributed by atoms with Crippen molar-refractivity contribution in [2.75, 3.05) is 10.7 Å². The van der Waals surface area contributed by atoms with Crippen LogP contribution in [0.3, 0.4) is 0 Å². The van der Waals surface area contributed by atoms with Crippen LogP contribution in [0.15, 0.2) is 59.7 Å². The number of aryl methyl sites for hydroxylation is 1. The molecule has 0 radical (unpaired) electrons. The highest BCUT2D eigenvalue weighted by molar-refractivity contribution is 6.51. The molecule has 1 amide bonds. The summed E-state index contributed by atoms with van der Waals surface area (Å²) in [5, 5.41) is 7.52. The largest absolute Gasteiger partial charge is 0.325 e. The van der Waals surface area contributed by atoms with Crippen LogP contribution in [0.5, 0.6) is 0 Å². The van der Waals surface area contributed by atoms with Crippen molar-refractivity contribution < 1.29 is 9.59 Å². The van der Waals surface area contributed by atoms with E-state index in [9.17, 15) is 9.59 Å². The molecule has 0 aliphatic heterocycles. The van der Waals surface area contributed by atoms with E-state index in [4.69, 9.17) is 0 Å². The van der Waals surface area contributed by atoms with Crippen molar-refractivity contribution >= 4 is 28.8 Å². The lowest BCUT2D eigenvalue weighted by molar-refractivity contribution is -0.139. The number of carbonyl (C=O) groups is 2. The molecule has 2 aromatic rings. The predicted molar refractivity (Wildman–Crippen MR) is 116 cm³/mol. The summed E-state index contributed by atoms with van der Waals surface area (Å²) in [7, 11) is 0. The fourth-order valence-corrected chi connectivity index (χ4v) is 5.07. The first-order valence-corrected chi connectivity index (χ1v) is 10.0. The van der Waals surface area contributed by atoms with Crippen molar-refractivity contribution in [3.05, 3.63) is 60.2 Å². The van der Waals surface area contributed by atoms with Crippen LogP contribution in [0.4, 0.5) is 11.4 Å². The highest BCUT2D eigenvalue weighted by Gasteiger charge is 2.76. The number of ketones is 1. The molecule has 2 fully saturated rings. The van der Waals surface area contributed by atoms with Gasteiger partial charge >= 0.3 is 0 Å². The Morgan fingerprint density at radius 2 is 1.66 bits per heavy atom. The van der Waals surface area contributed by atoms with Crippen LogP contribution in [0.2, 0.25) is 0 Å². The second-order valence-electron chi connectivity index (χ2n) is 8.95. The Labute approximate surface area is 171 Å². The van der Waals surface area contributed by atoms with Crippen molar-refractivity contribution in [2.24, 2.45) is 21.3 Å². The van der Waals surface area contributed by atoms with E-state index >= 15 is 0 Å². The van der Waals surface area contributed by atoms with Crippen LogP contribution in [-0.4, -0.2) is 17.4 Å². The van der Waals surface area contributed by atoms with Gasteiger partial charge in [0.05, 0.1) is 5.69 Å². The predicted octanol–water partition coefficient (Wildman–Crippen LogP) is 4.80. The number of hydrogen-bond donors (Lipinski definition) is 2. The van der Waals surface area contributed by atoms with E-state index < -0.39 is 16.2 Å². The number of fused-ring (bicyclic) bond motifs is 2. The quantitative estimate of drug-likeness (QED) is 0.583. The number of amides is 1. The molecule has 2 aromatic carbocycles. The minimum Gasteiger partial charge on any atom is -0.325 e. The van der Waals surface area contributed by atoms with Gasteiger partial charge in [0.2, 0.25) is 5.91 Å². The molecule has 2 saturated carbocycles. The van der Waals surface area contributed by atoms with Crippen molar-refractivity contribution in [3.63, 3.8) is 0 Å². The average molecular weight is 389 g/mol. The Morgan fingerprint density at radius 1 is 0.966 bits per heavy atom. The molecular formula is C24H27N3O2. The SMILES string of the molecule is Cc1cccc(NC(=O)C23CCC(C)(/C(=N/Nc4ccccc4)C2=O)C3(C)C)c1. The van der Waals surface area contributed by atoms with Gasteiger partial charge in [0.1, 0.15) is 11.1 Å². The Morgan fingerprint density at radius 3 is 2.34 bits per heavy atom. The van der Waals surface area contributed by atoms with Gasteiger partial charge in [-0.25, -0.2) is 0 Å². The maximum absolute atomic E-state index is 13.6. The van der Waals surface area contributed by atoms with Crippen LogP contribution in [0.25, 0.3) is 0 Å². The van der Waals surface area contributed by atoms with Gasteiger partial charge in [0, 0.05) is 11.1 Å². The van der Waals surface area contributed by atoms with Crippen molar-refractivity contribution in [1.29, 1.82) is 0 Å². The van der Waals surface area contributed by atoms with Crippen LogP contribution < -0.4 is 10.7 Å². The van der Waals surface area contributed by atoms with Gasteiger partial charge in [-0.3, -0.25) is 15.0 Å². The molecule has 5 nitrogen and oxygen atoms in total. The normalized spacial score (nSPS) is 28.6. The molecule has 0 saturated heterocycles. The molecule has 150 valence electrons. The molecule has 0 heterocycles. The number of para-hydroxylation sites is 1. The first-order chi connectivity index (χ1) is 13.7. The highest BCUT2D eigenvalue weighted by Crippen LogP contribution is 2.69. The standard InChI is InChI=1S/C24H27N3O2/c1-16-9-8-12-18(15-16)25-21(29)24-14-13-23(4,22(24,2)3)19(20(24)28)27-26-17-10-6-5-7-11-17/h5-12,15,26H,13-14H2,1-4H3,(H,25,29)/b27-19+. The molecule has 0 aromatic heterocycles. The van der Waals surface area contributed by atoms with E-state index in [1.54, 1.807) is 0 Å². The number of nitrogens with one attached hydrogen (secondary N) is 2. The summed E-state index contributed by atoms with van der Waals surface area (Å²) < 4.78 is 0. The number of hydrogen-bond acceptors (Lipinski definition) is 4. The lowest BCUT2D eigenvalue weighted by Gasteiger charge is -2.37. The monoisotopic (exact) mass is 389 g/mol. The molecular weight excluding hydrogens is 362 g/mol. The molecule has 2 unspecified atom stereocenters. The summed E-state index contributed by atoms with van der Waals surface area (Å²) in [5.74, 6) is -0.392. The van der Waals surface area contributed by atoms with E-state index in [1.807, 2.05) is 75.4 Å². The van der Waals surface area contributed by atoms with Crippen molar-refractivity contribution in [1.82, 2.24) is 0 Å². The average Bonchev–Trinajstić information content (AvgIpc) is 2.96. The minimum atomic E-state index is -1.11. The molecule has 2 atom stereocenters. The van der Waals surface area contributed by atoms with E-state index in [2.05, 4.69) is 22.8 Å². The van der Waals surface area contributed by atoms with E-state index in [0.29, 0.717) is 12.1 Å². The van der Waals surface area contributed by atoms with Gasteiger partial charge in [0.25, 0.3) is 0 Å². The number of carbonyl (C=O) groups excluding carboxylic acids is 2. The van der Waals surface area contributed by atoms with Gasteiger partial charge < -0.3 is 5.32 Å². The molecule has 2 N–H and O–H groups in total. The molecule has 2 bridgehead atoms. The molecule has 2 aliphatic rings. The zero-order valence-electron chi connectivity index (χ0n) is 17.4. The summed E-state index contributed by atoms with van der Waals surface area (Å²) in [6.45, 7) is 8.09. The summed E-state index contributed by atoms with van der Waals surface area (Å²) in [4.78, 5) is 27.1. The maximum atomic E-state index is 13.6. The fourth-order valence-electron chi connectivity index (χ4n) is 5.07. The van der Waals surface area contributed by atoms with Crippen LogP contribution >= 0.6 is 0 Å². The van der Waals surface area contributed by atoms with Crippen molar-refractivity contribution in [2.45, 2.75) is 40.5 Å². The maximum Gasteiger partial charge on any atom is 0.239 e. The topological polar surface area (TPSA) is 70.6 Å². The number of hydrazone groups is 1. The van der Waals surface area contributed by atoms with Crippen LogP contribution in [-0.2, 0) is 9.59 Å². The van der Waals surface area contributed by atoms with E-state index in [1.165, 1.54) is 0 Å². The Balaban J connectivity index is 1.70. The number of anilines is 2. The summed E-state index contributed by atoms with van der Waals surface area (Å²) in [6.07, 6.45) is 1.29. The van der Waals surface area contributed by atoms with Gasteiger partial charge in [0.15, 0.2) is 5.78 Å². The van der Waals surface area contributed by atoms with Gasteiger partial charge in [-0.2, -0.15) is 5.10 Å². The second kappa shape index (κ2) is 6.55. The first-order valence-electron chi connectivity index (χ1n) is 10.0. The zero-order chi connectivity index (χ0) is 20.9. The number of nitrogens with zero attached hydrogens (tertiary/aromatic N) is 1. The smallest absolute Gasteiger partial charge is 0.239 e. The molecule has 29 heavy (non-hydrogen) atoms. The third-order valence-electron chi connectivity index (χ3n) is 7.31. The van der Waals surface area contributed by atoms with Gasteiger partial charge in [-0.15, -0.1) is 0 Å². The Hall–Kier alpha value is -2.95. The lowest BCUT2D eigenvalue weighted by atomic mass is 9.64. The Kier molecular flexibility index (Phi) is 4.37. The first kappa shape index (κ1) is 19.4. The second-order valence-corrected chi connectivity index (χ2v) is 8.95. The lowest BCUT2D eigenvalue weighted by Crippen LogP contribution is -2.47. The Bertz CT molecular complexity index is 1010. The number of Topliss-reactive ketones (excluding diaryl/α,β-unsaturated/α-hetero) is 1. The number of rotatable bonds is 4. The van der Waals surface area contributed by atoms with E-state index in [0.717, 1.165) is 23.4 Å². The summed E-state index contributed by atoms with van der Waals surface area (Å²) in [5.41, 5.74) is 3.96. The molecule has 2 aliphatic carbocycles. The van der Waals surface area contributed by atoms with E-state index in [-0.39, 0.29) is 11.7 Å². The van der Waals surface area contributed by atoms with Crippen molar-refractivity contribution in [3.8, 4) is 0 Å². The van der Waals surface area contributed by atoms with Crippen LogP contribution in [0.1, 0.15) is 39.2 Å². The van der Waals surface area contributed by atoms with Crippen LogP contribution in [0, 0.1) is 23.2 Å². The molecule has 0 spiro atoms. The summed E-state index contributed by atoms with van der Waals surface area (Å²) >= 11 is 0. The third-order valence-corrected chi connectivity index (χ3v) is 7.31. The summed E-state index contributed by atoms with van der Waals surface area (Å²) in [6, 6.07) is 17.2. The third kappa shape index (κ3) is 2.64. The highest BCUT2D eigenvalue weighted by atomic mass is 16.2. The molecule has 5 heteroatoms. The van der Waals surface area contributed by atoms with Gasteiger partial charge in [-0.05, 0) is 55.0 Å². The minimum absolute atomic E-state index is 0.162. The van der Waals surface area contributed by atoms with Gasteiger partial charge in [-0.1, -0.05) is 51.1 Å².